The van der Waals surface area contributed by atoms with Gasteiger partial charge in [-0.3, -0.25) is 15.0 Å². The van der Waals surface area contributed by atoms with E-state index < -0.39 is 11.8 Å². The molecule has 0 aliphatic carbocycles. The summed E-state index contributed by atoms with van der Waals surface area (Å²) in [5.41, 5.74) is 4.70. The minimum atomic E-state index is -0.442. The number of amides is 2. The van der Waals surface area contributed by atoms with Gasteiger partial charge >= 0.3 is 0 Å². The molecule has 0 aromatic heterocycles. The Morgan fingerprint density at radius 3 is 2.22 bits per heavy atom. The lowest BCUT2D eigenvalue weighted by Crippen LogP contribution is -2.47. The van der Waals surface area contributed by atoms with Crippen molar-refractivity contribution in [2.45, 2.75) is 0 Å². The van der Waals surface area contributed by atoms with Crippen LogP contribution in [-0.2, 0) is 4.79 Å². The Morgan fingerprint density at radius 2 is 1.56 bits per heavy atom. The van der Waals surface area contributed by atoms with Crippen molar-refractivity contribution in [3.63, 3.8) is 0 Å². The van der Waals surface area contributed by atoms with Crippen molar-refractivity contribution < 1.29 is 19.1 Å². The standard InChI is InChI=1S/C25H21N3O4/c1-31-21-14-13-17(16-22(21)32-2)15-20-25(30)28(23(26-20)18-9-5-3-6-10-18)27-24(29)19-11-7-4-8-12-19/h3-16H,1-2H3,(H,27,29)/b20-15+. The highest BCUT2D eigenvalue weighted by molar-refractivity contribution is 6.20. The van der Waals surface area contributed by atoms with Gasteiger partial charge in [-0.25, -0.2) is 4.99 Å². The van der Waals surface area contributed by atoms with Crippen LogP contribution in [0.2, 0.25) is 0 Å². The highest BCUT2D eigenvalue weighted by atomic mass is 16.5. The summed E-state index contributed by atoms with van der Waals surface area (Å²) in [6, 6.07) is 23.2. The summed E-state index contributed by atoms with van der Waals surface area (Å²) in [5, 5.41) is 1.18. The van der Waals surface area contributed by atoms with Gasteiger partial charge in [-0.1, -0.05) is 54.6 Å². The van der Waals surface area contributed by atoms with Crippen LogP contribution in [0.4, 0.5) is 0 Å². The molecule has 2 amide bonds. The number of nitrogens with zero attached hydrogens (tertiary/aromatic N) is 2. The summed E-state index contributed by atoms with van der Waals surface area (Å²) in [7, 11) is 3.10. The third-order valence-electron chi connectivity index (χ3n) is 4.85. The van der Waals surface area contributed by atoms with Gasteiger partial charge in [-0.05, 0) is 35.9 Å². The molecular formula is C25H21N3O4. The Bertz CT molecular complexity index is 1200. The third kappa shape index (κ3) is 4.22. The van der Waals surface area contributed by atoms with Crippen molar-refractivity contribution in [2.24, 2.45) is 4.99 Å². The maximum atomic E-state index is 13.2. The highest BCUT2D eigenvalue weighted by Gasteiger charge is 2.33. The van der Waals surface area contributed by atoms with Crippen molar-refractivity contribution in [1.29, 1.82) is 0 Å². The summed E-state index contributed by atoms with van der Waals surface area (Å²) in [6.07, 6.45) is 1.64. The number of hydrazine groups is 1. The monoisotopic (exact) mass is 427 g/mol. The van der Waals surface area contributed by atoms with Crippen molar-refractivity contribution in [3.8, 4) is 11.5 Å². The van der Waals surface area contributed by atoms with Crippen molar-refractivity contribution >= 4 is 23.7 Å². The maximum Gasteiger partial charge on any atom is 0.297 e. The van der Waals surface area contributed by atoms with Crippen LogP contribution in [-0.4, -0.2) is 36.9 Å². The first-order chi connectivity index (χ1) is 15.6. The molecule has 3 aromatic rings. The van der Waals surface area contributed by atoms with Crippen molar-refractivity contribution in [3.05, 3.63) is 101 Å². The number of carbonyl (C=O) groups excluding carboxylic acids is 2. The van der Waals surface area contributed by atoms with E-state index in [1.165, 1.54) is 5.01 Å². The van der Waals surface area contributed by atoms with Crippen molar-refractivity contribution in [2.75, 3.05) is 14.2 Å². The second kappa shape index (κ2) is 9.18. The van der Waals surface area contributed by atoms with E-state index in [0.717, 1.165) is 0 Å². The predicted octanol–water partition coefficient (Wildman–Crippen LogP) is 3.68. The number of benzene rings is 3. The van der Waals surface area contributed by atoms with Crippen LogP contribution in [0.3, 0.4) is 0 Å². The van der Waals surface area contributed by atoms with E-state index in [-0.39, 0.29) is 5.70 Å². The number of nitrogens with one attached hydrogen (secondary N) is 1. The molecular weight excluding hydrogens is 406 g/mol. The molecule has 4 rings (SSSR count). The summed E-state index contributed by atoms with van der Waals surface area (Å²) in [6.45, 7) is 0. The fraction of sp³-hybridized carbons (Fsp3) is 0.0800. The molecule has 7 nitrogen and oxygen atoms in total. The van der Waals surface area contributed by atoms with Crippen LogP contribution >= 0.6 is 0 Å². The largest absolute Gasteiger partial charge is 0.493 e. The van der Waals surface area contributed by atoms with Gasteiger partial charge in [0.15, 0.2) is 17.3 Å². The molecule has 0 saturated heterocycles. The summed E-state index contributed by atoms with van der Waals surface area (Å²) < 4.78 is 10.6. The molecule has 1 aliphatic rings. The molecule has 1 aliphatic heterocycles. The Morgan fingerprint density at radius 1 is 0.906 bits per heavy atom. The molecule has 0 saturated carbocycles. The van der Waals surface area contributed by atoms with Crippen LogP contribution in [0.1, 0.15) is 21.5 Å². The molecule has 7 heteroatoms. The number of carbonyl (C=O) groups is 2. The van der Waals surface area contributed by atoms with E-state index in [9.17, 15) is 9.59 Å². The quantitative estimate of drug-likeness (QED) is 0.609. The molecule has 3 aromatic carbocycles. The fourth-order valence-corrected chi connectivity index (χ4v) is 3.26. The number of hydrogen-bond donors (Lipinski definition) is 1. The number of amidine groups is 1. The normalized spacial score (nSPS) is 14.3. The molecule has 0 unspecified atom stereocenters. The molecule has 160 valence electrons. The Kier molecular flexibility index (Phi) is 5.98. The Balaban J connectivity index is 1.70. The van der Waals surface area contributed by atoms with Crippen LogP contribution < -0.4 is 14.9 Å². The van der Waals surface area contributed by atoms with Crippen LogP contribution in [0.25, 0.3) is 6.08 Å². The lowest BCUT2D eigenvalue weighted by atomic mass is 10.1. The predicted molar refractivity (Wildman–Crippen MR) is 121 cm³/mol. The molecule has 32 heavy (non-hydrogen) atoms. The minimum Gasteiger partial charge on any atom is -0.493 e. The van der Waals surface area contributed by atoms with Crippen LogP contribution in [0.5, 0.6) is 11.5 Å². The molecule has 0 fully saturated rings. The SMILES string of the molecule is COc1ccc(/C=C2/N=C(c3ccccc3)N(NC(=O)c3ccccc3)C2=O)cc1OC. The zero-order valence-corrected chi connectivity index (χ0v) is 17.6. The number of hydrogen-bond acceptors (Lipinski definition) is 5. The Labute approximate surface area is 185 Å². The van der Waals surface area contributed by atoms with Crippen LogP contribution in [0, 0.1) is 0 Å². The van der Waals surface area contributed by atoms with E-state index in [2.05, 4.69) is 10.4 Å². The average Bonchev–Trinajstić information content (AvgIpc) is 3.15. The molecule has 0 atom stereocenters. The number of methoxy groups -OCH3 is 2. The molecule has 1 heterocycles. The lowest BCUT2D eigenvalue weighted by Gasteiger charge is -2.19. The lowest BCUT2D eigenvalue weighted by molar-refractivity contribution is -0.124. The molecule has 0 radical (unpaired) electrons. The van der Waals surface area contributed by atoms with E-state index in [4.69, 9.17) is 9.47 Å². The zero-order chi connectivity index (χ0) is 22.5. The fourth-order valence-electron chi connectivity index (χ4n) is 3.26. The van der Waals surface area contributed by atoms with E-state index >= 15 is 0 Å². The third-order valence-corrected chi connectivity index (χ3v) is 4.85. The molecule has 0 spiro atoms. The van der Waals surface area contributed by atoms with Gasteiger partial charge < -0.3 is 9.47 Å². The molecule has 0 bridgehead atoms. The van der Waals surface area contributed by atoms with E-state index in [1.54, 1.807) is 62.8 Å². The minimum absolute atomic E-state index is 0.185. The maximum absolute atomic E-state index is 13.2. The first-order valence-corrected chi connectivity index (χ1v) is 9.89. The van der Waals surface area contributed by atoms with Gasteiger partial charge in [0, 0.05) is 11.1 Å². The smallest absolute Gasteiger partial charge is 0.297 e. The van der Waals surface area contributed by atoms with Crippen LogP contribution in [0.15, 0.2) is 89.6 Å². The second-order valence-corrected chi connectivity index (χ2v) is 6.89. The van der Waals surface area contributed by atoms with Gasteiger partial charge in [0.2, 0.25) is 0 Å². The topological polar surface area (TPSA) is 80.2 Å². The second-order valence-electron chi connectivity index (χ2n) is 6.89. The summed E-state index contributed by atoms with van der Waals surface area (Å²) in [4.78, 5) is 30.5. The number of ether oxygens (including phenoxy) is 2. The van der Waals surface area contributed by atoms with E-state index in [1.807, 2.05) is 36.4 Å². The zero-order valence-electron chi connectivity index (χ0n) is 17.6. The first kappa shape index (κ1) is 20.9. The number of rotatable bonds is 6. The van der Waals surface area contributed by atoms with Gasteiger partial charge in [0.05, 0.1) is 14.2 Å². The van der Waals surface area contributed by atoms with Crippen molar-refractivity contribution in [1.82, 2.24) is 10.4 Å². The summed E-state index contributed by atoms with van der Waals surface area (Å²) >= 11 is 0. The van der Waals surface area contributed by atoms with Gasteiger partial charge in [-0.2, -0.15) is 5.01 Å². The van der Waals surface area contributed by atoms with Gasteiger partial charge in [0.25, 0.3) is 11.8 Å². The highest BCUT2D eigenvalue weighted by Crippen LogP contribution is 2.29. The van der Waals surface area contributed by atoms with E-state index in [0.29, 0.717) is 34.0 Å². The van der Waals surface area contributed by atoms with Gasteiger partial charge in [-0.15, -0.1) is 0 Å². The molecule has 1 N–H and O–H groups in total. The summed E-state index contributed by atoms with van der Waals surface area (Å²) in [5.74, 6) is 0.607. The van der Waals surface area contributed by atoms with Gasteiger partial charge in [0.1, 0.15) is 5.70 Å². The average molecular weight is 427 g/mol. The number of aliphatic imine (C=N–C) groups is 1. The Hall–Kier alpha value is -4.39. The first-order valence-electron chi connectivity index (χ1n) is 9.89.